The van der Waals surface area contributed by atoms with E-state index >= 15 is 0 Å². The molecule has 0 fully saturated rings. The zero-order chi connectivity index (χ0) is 43.0. The molecule has 0 aliphatic carbocycles. The van der Waals surface area contributed by atoms with Crippen molar-refractivity contribution in [1.82, 2.24) is 33.8 Å². The third-order valence-electron chi connectivity index (χ3n) is 11.9. The summed E-state index contributed by atoms with van der Waals surface area (Å²) in [4.78, 5) is 45.4. The van der Waals surface area contributed by atoms with Crippen molar-refractivity contribution in [2.24, 2.45) is 0 Å². The van der Waals surface area contributed by atoms with Crippen LogP contribution in [0.1, 0.15) is 73.1 Å². The first-order valence-corrected chi connectivity index (χ1v) is 20.1. The zero-order valence-corrected chi connectivity index (χ0v) is 34.1. The molecule has 7 aromatic rings. The number of aliphatic hydroxyl groups excluding tert-OH is 1. The van der Waals surface area contributed by atoms with Crippen LogP contribution in [0.4, 0.5) is 4.79 Å². The summed E-state index contributed by atoms with van der Waals surface area (Å²) in [5.74, 6) is -0.494. The summed E-state index contributed by atoms with van der Waals surface area (Å²) >= 11 is 0. The van der Waals surface area contributed by atoms with Gasteiger partial charge in [-0.25, -0.2) is 19.1 Å². The van der Waals surface area contributed by atoms with E-state index in [-0.39, 0.29) is 59.1 Å². The number of cyclic esters (lactones) is 1. The number of hydrogen-bond donors (Lipinski definition) is 4. The summed E-state index contributed by atoms with van der Waals surface area (Å²) in [5.41, 5.74) is 7.13. The van der Waals surface area contributed by atoms with E-state index in [1.165, 1.54) is 15.5 Å². The molecule has 1 amide bonds. The van der Waals surface area contributed by atoms with Gasteiger partial charge in [0.15, 0.2) is 11.9 Å². The van der Waals surface area contributed by atoms with Crippen LogP contribution >= 0.6 is 0 Å². The van der Waals surface area contributed by atoms with Gasteiger partial charge in [0.1, 0.15) is 23.9 Å². The van der Waals surface area contributed by atoms with Gasteiger partial charge >= 0.3 is 18.1 Å². The van der Waals surface area contributed by atoms with Crippen LogP contribution in [-0.4, -0.2) is 79.9 Å². The molecule has 0 saturated heterocycles. The van der Waals surface area contributed by atoms with E-state index in [0.29, 0.717) is 65.4 Å². The van der Waals surface area contributed by atoms with Crippen LogP contribution in [0.2, 0.25) is 0 Å². The minimum absolute atomic E-state index is 0.0324. The van der Waals surface area contributed by atoms with E-state index in [0.717, 1.165) is 33.0 Å². The lowest BCUT2D eigenvalue weighted by Crippen LogP contribution is -2.32. The number of pyridine rings is 2. The van der Waals surface area contributed by atoms with Gasteiger partial charge < -0.3 is 43.9 Å². The number of amides is 1. The van der Waals surface area contributed by atoms with E-state index in [2.05, 4.69) is 10.2 Å². The molecule has 2 aliphatic heterocycles. The first-order chi connectivity index (χ1) is 29.3. The Morgan fingerprint density at radius 3 is 2.49 bits per heavy atom. The summed E-state index contributed by atoms with van der Waals surface area (Å²) in [6, 6.07) is 15.3. The second kappa shape index (κ2) is 14.8. The molecule has 4 N–H and O–H groups in total. The zero-order valence-electron chi connectivity index (χ0n) is 34.1. The molecule has 0 bridgehead atoms. The lowest BCUT2D eigenvalue weighted by Gasteiger charge is -2.21. The number of ether oxygens (including phenoxy) is 2. The fraction of sp³-hybridized carbons (Fsp3) is 0.289. The standard InChI is InChI=1S/C45H43N7O9/c1-6-24-28-16-23(8-9-33(28)46-39-31(24)20-51-36(39)18-29-32(42(51)56)21-60-43(57)40(29)55)61-45(59)49(5)14-15-50-13-12-26-25(7-2)35(11-10-34(26)50)52-41(47-48-44(52)58)30-17-27(22(3)4)37(53)19-38(30)54/h8-13,16-19,22,40,53-55H,6-7,14-15,20-21H2,1-5H3,(H,48,58). The topological polar surface area (TPSA) is 207 Å². The van der Waals surface area contributed by atoms with E-state index < -0.39 is 18.2 Å². The molecule has 0 radical (unpaired) electrons. The summed E-state index contributed by atoms with van der Waals surface area (Å²) in [6.07, 6.45) is 1.06. The lowest BCUT2D eigenvalue weighted by molar-refractivity contribution is -0.157. The molecule has 16 nitrogen and oxygen atoms in total. The maximum atomic E-state index is 13.5. The molecule has 3 aromatic carbocycles. The number of aryl methyl sites for hydroxylation is 2. The Balaban J connectivity index is 0.941. The van der Waals surface area contributed by atoms with Crippen molar-refractivity contribution in [2.45, 2.75) is 72.3 Å². The van der Waals surface area contributed by atoms with Gasteiger partial charge in [0, 0.05) is 59.8 Å². The smallest absolute Gasteiger partial charge is 0.415 e. The molecule has 0 spiro atoms. The van der Waals surface area contributed by atoms with Crippen molar-refractivity contribution in [3.05, 3.63) is 105 Å². The fourth-order valence-electron chi connectivity index (χ4n) is 8.69. The number of esters is 1. The van der Waals surface area contributed by atoms with Gasteiger partial charge in [-0.1, -0.05) is 32.8 Å². The van der Waals surface area contributed by atoms with Gasteiger partial charge in [-0.15, -0.1) is 5.10 Å². The number of aliphatic hydroxyl groups is 1. The molecule has 9 rings (SSSR count). The van der Waals surface area contributed by atoms with Crippen LogP contribution in [-0.2, 0) is 42.1 Å². The summed E-state index contributed by atoms with van der Waals surface area (Å²) in [7, 11) is 1.67. The molecule has 4 aromatic heterocycles. The van der Waals surface area contributed by atoms with E-state index in [1.807, 2.05) is 56.7 Å². The number of nitrogens with zero attached hydrogens (tertiary/aromatic N) is 7. The largest absolute Gasteiger partial charge is 0.508 e. The lowest BCUT2D eigenvalue weighted by atomic mass is 9.97. The Kier molecular flexibility index (Phi) is 9.54. The third-order valence-corrected chi connectivity index (χ3v) is 11.9. The second-order valence-electron chi connectivity index (χ2n) is 15.7. The Labute approximate surface area is 348 Å². The first-order valence-electron chi connectivity index (χ1n) is 20.1. The van der Waals surface area contributed by atoms with Crippen LogP contribution in [0.5, 0.6) is 23.3 Å². The highest BCUT2D eigenvalue weighted by molar-refractivity contribution is 5.90. The van der Waals surface area contributed by atoms with Gasteiger partial charge in [0.2, 0.25) is 0 Å². The molecular formula is C45H43N7O9. The molecule has 61 heavy (non-hydrogen) atoms. The van der Waals surface area contributed by atoms with Crippen LogP contribution in [0, 0.1) is 0 Å². The number of aromatic hydroxyl groups is 3. The molecule has 1 unspecified atom stereocenters. The number of carbonyl (C=O) groups is 2. The van der Waals surface area contributed by atoms with Crippen molar-refractivity contribution in [3.63, 3.8) is 0 Å². The monoisotopic (exact) mass is 825 g/mol. The van der Waals surface area contributed by atoms with Crippen LogP contribution in [0.3, 0.4) is 0 Å². The molecular weight excluding hydrogens is 783 g/mol. The predicted molar refractivity (Wildman–Crippen MR) is 224 cm³/mol. The van der Waals surface area contributed by atoms with Crippen molar-refractivity contribution < 1.29 is 39.5 Å². The quantitative estimate of drug-likeness (QED) is 0.120. The number of likely N-dealkylation sites (N-methyl/N-ethyl adjacent to an activating group) is 1. The number of benzene rings is 3. The van der Waals surface area contributed by atoms with Crippen molar-refractivity contribution in [1.29, 1.82) is 0 Å². The van der Waals surface area contributed by atoms with Crippen LogP contribution in [0.25, 0.3) is 50.3 Å². The average Bonchev–Trinajstić information content (AvgIpc) is 3.95. The van der Waals surface area contributed by atoms with Gasteiger partial charge in [-0.05, 0) is 84.0 Å². The second-order valence-corrected chi connectivity index (χ2v) is 15.7. The highest BCUT2D eigenvalue weighted by Crippen LogP contribution is 2.41. The molecule has 6 heterocycles. The molecule has 0 saturated carbocycles. The van der Waals surface area contributed by atoms with Crippen LogP contribution < -0.4 is 10.3 Å². The number of aromatic nitrogens is 6. The Morgan fingerprint density at radius 1 is 0.951 bits per heavy atom. The summed E-state index contributed by atoms with van der Waals surface area (Å²) < 4.78 is 16.0. The highest BCUT2D eigenvalue weighted by atomic mass is 16.6. The number of hydrogen-bond acceptors (Lipinski definition) is 12. The van der Waals surface area contributed by atoms with Crippen molar-refractivity contribution in [3.8, 4) is 51.7 Å². The first kappa shape index (κ1) is 39.3. The number of carbonyl (C=O) groups excluding carboxylic acids is 2. The molecule has 16 heteroatoms. The predicted octanol–water partition coefficient (Wildman–Crippen LogP) is 6.21. The Hall–Kier alpha value is -7.20. The SMILES string of the molecule is CCc1c2c(nc3ccc(OC(=O)N(C)CCn4ccc5c(CC)c(-n6c(O)nnc6-c6cc(C(C)C)c(O)cc6O)ccc54)cc13)-c1cc3c(c(=O)n1C2)COC(=O)C3O. The van der Waals surface area contributed by atoms with E-state index in [4.69, 9.17) is 14.5 Å². The molecule has 312 valence electrons. The van der Waals surface area contributed by atoms with Crippen molar-refractivity contribution >= 4 is 33.9 Å². The number of fused-ring (bicyclic) bond motifs is 6. The average molecular weight is 826 g/mol. The van der Waals surface area contributed by atoms with Crippen LogP contribution in [0.15, 0.2) is 65.6 Å². The van der Waals surface area contributed by atoms with E-state index in [9.17, 15) is 34.8 Å². The minimum Gasteiger partial charge on any atom is -0.508 e. The van der Waals surface area contributed by atoms with Gasteiger partial charge in [-0.2, -0.15) is 0 Å². The number of phenols is 2. The maximum Gasteiger partial charge on any atom is 0.415 e. The third kappa shape index (κ3) is 6.32. The molecule has 1 atom stereocenters. The normalized spacial score (nSPS) is 14.3. The summed E-state index contributed by atoms with van der Waals surface area (Å²) in [6.45, 7) is 8.72. The van der Waals surface area contributed by atoms with Gasteiger partial charge in [0.25, 0.3) is 5.56 Å². The number of rotatable bonds is 9. The number of phenolic OH excluding ortho intramolecular Hbond substituents is 2. The van der Waals surface area contributed by atoms with Crippen molar-refractivity contribution in [2.75, 3.05) is 13.6 Å². The highest BCUT2D eigenvalue weighted by Gasteiger charge is 2.35. The van der Waals surface area contributed by atoms with E-state index in [1.54, 1.807) is 41.9 Å². The Bertz CT molecular complexity index is 3040. The minimum atomic E-state index is -1.54. The van der Waals surface area contributed by atoms with Gasteiger partial charge in [0.05, 0.1) is 40.3 Å². The van der Waals surface area contributed by atoms with Gasteiger partial charge in [-0.3, -0.25) is 4.79 Å². The Morgan fingerprint density at radius 2 is 1.74 bits per heavy atom. The summed E-state index contributed by atoms with van der Waals surface area (Å²) in [5, 5.41) is 52.6. The molecule has 2 aliphatic rings. The maximum absolute atomic E-state index is 13.5. The fourth-order valence-corrected chi connectivity index (χ4v) is 8.69.